The summed E-state index contributed by atoms with van der Waals surface area (Å²) in [4.78, 5) is 24.9. The first-order chi connectivity index (χ1) is 13.0. The lowest BCUT2D eigenvalue weighted by molar-refractivity contribution is -0.115. The number of Topliss-reactive ketones (excluding diaryl/α,β-unsaturated/α-hetero) is 1. The van der Waals surface area contributed by atoms with Crippen LogP contribution in [0, 0.1) is 0 Å². The second-order valence-electron chi connectivity index (χ2n) is 6.97. The summed E-state index contributed by atoms with van der Waals surface area (Å²) in [5, 5.41) is 2.80. The van der Waals surface area contributed by atoms with E-state index in [0.29, 0.717) is 36.3 Å². The number of nitrogens with one attached hydrogen (secondary N) is 1. The quantitative estimate of drug-likeness (QED) is 0.569. The fourth-order valence-electron chi connectivity index (χ4n) is 3.22. The van der Waals surface area contributed by atoms with Crippen molar-refractivity contribution in [1.82, 2.24) is 0 Å². The third kappa shape index (κ3) is 4.45. The topological polar surface area (TPSA) is 55.4 Å². The Morgan fingerprint density at radius 1 is 1.07 bits per heavy atom. The van der Waals surface area contributed by atoms with Crippen LogP contribution in [0.15, 0.2) is 66.2 Å². The fraction of sp³-hybridized carbons (Fsp3) is 0.304. The number of amides is 1. The van der Waals surface area contributed by atoms with Gasteiger partial charge in [0.1, 0.15) is 5.75 Å². The number of anilines is 1. The van der Waals surface area contributed by atoms with Gasteiger partial charge in [0.25, 0.3) is 0 Å². The van der Waals surface area contributed by atoms with Crippen molar-refractivity contribution in [3.05, 3.63) is 71.8 Å². The zero-order valence-electron chi connectivity index (χ0n) is 15.8. The van der Waals surface area contributed by atoms with Gasteiger partial charge in [0, 0.05) is 24.1 Å². The van der Waals surface area contributed by atoms with Crippen molar-refractivity contribution < 1.29 is 14.3 Å². The summed E-state index contributed by atoms with van der Waals surface area (Å²) in [6.07, 6.45) is 4.56. The molecule has 1 atom stereocenters. The first-order valence-corrected chi connectivity index (χ1v) is 9.37. The molecule has 0 spiro atoms. The average molecular weight is 363 g/mol. The maximum absolute atomic E-state index is 13.4. The number of allylic oxidation sites excluding steroid dienone is 1. The molecule has 0 saturated heterocycles. The molecule has 0 aromatic heterocycles. The molecule has 2 aromatic rings. The van der Waals surface area contributed by atoms with Gasteiger partial charge < -0.3 is 10.1 Å². The van der Waals surface area contributed by atoms with Crippen LogP contribution >= 0.6 is 0 Å². The molecule has 1 aliphatic rings. The van der Waals surface area contributed by atoms with Crippen LogP contribution in [0.25, 0.3) is 0 Å². The molecular weight excluding hydrogens is 338 g/mol. The van der Waals surface area contributed by atoms with Gasteiger partial charge in [-0.05, 0) is 56.2 Å². The van der Waals surface area contributed by atoms with Gasteiger partial charge in [-0.25, -0.2) is 0 Å². The van der Waals surface area contributed by atoms with E-state index in [1.165, 1.54) is 5.57 Å². The molecule has 27 heavy (non-hydrogen) atoms. The van der Waals surface area contributed by atoms with E-state index in [2.05, 4.69) is 18.3 Å². The van der Waals surface area contributed by atoms with Gasteiger partial charge in [-0.3, -0.25) is 9.59 Å². The maximum atomic E-state index is 13.4. The van der Waals surface area contributed by atoms with Gasteiger partial charge in [0.2, 0.25) is 11.7 Å². The van der Waals surface area contributed by atoms with Gasteiger partial charge in [0.15, 0.2) is 5.60 Å². The fourth-order valence-corrected chi connectivity index (χ4v) is 3.22. The van der Waals surface area contributed by atoms with Crippen molar-refractivity contribution in [1.29, 1.82) is 0 Å². The van der Waals surface area contributed by atoms with E-state index in [-0.39, 0.29) is 11.7 Å². The van der Waals surface area contributed by atoms with Gasteiger partial charge >= 0.3 is 0 Å². The minimum absolute atomic E-state index is 0.0246. The molecule has 3 rings (SSSR count). The molecule has 140 valence electrons. The maximum Gasteiger partial charge on any atom is 0.224 e. The number of ketones is 1. The van der Waals surface area contributed by atoms with Crippen LogP contribution in [0.2, 0.25) is 0 Å². The van der Waals surface area contributed by atoms with E-state index in [4.69, 9.17) is 4.74 Å². The predicted octanol–water partition coefficient (Wildman–Crippen LogP) is 5.17. The van der Waals surface area contributed by atoms with Crippen molar-refractivity contribution >= 4 is 17.4 Å². The van der Waals surface area contributed by atoms with Crippen LogP contribution in [-0.2, 0) is 4.79 Å². The van der Waals surface area contributed by atoms with Crippen LogP contribution in [0.4, 0.5) is 5.69 Å². The van der Waals surface area contributed by atoms with Crippen LogP contribution in [-0.4, -0.2) is 17.3 Å². The van der Waals surface area contributed by atoms with Crippen molar-refractivity contribution in [3.63, 3.8) is 0 Å². The Kier molecular flexibility index (Phi) is 5.75. The van der Waals surface area contributed by atoms with Crippen LogP contribution in [0.3, 0.4) is 0 Å². The molecule has 0 saturated carbocycles. The largest absolute Gasteiger partial charge is 0.479 e. The normalized spacial score (nSPS) is 19.1. The molecule has 1 amide bonds. The first kappa shape index (κ1) is 18.9. The molecule has 1 unspecified atom stereocenters. The molecule has 1 N–H and O–H groups in total. The Morgan fingerprint density at radius 3 is 2.37 bits per heavy atom. The van der Waals surface area contributed by atoms with Gasteiger partial charge in [0.05, 0.1) is 0 Å². The van der Waals surface area contributed by atoms with Gasteiger partial charge in [-0.15, -0.1) is 0 Å². The molecule has 2 aromatic carbocycles. The minimum Gasteiger partial charge on any atom is -0.479 e. The standard InChI is InChI=1S/C23H25NO3/c1-3-21(25)24-19-11-9-18(10-12-19)22(26)23(15-13-17(2)14-16-23)27-20-7-5-4-6-8-20/h4-13H,3,14-16H2,1-2H3,(H,24,25). The van der Waals surface area contributed by atoms with Crippen molar-refractivity contribution in [2.45, 2.75) is 45.1 Å². The lowest BCUT2D eigenvalue weighted by atomic mass is 9.80. The molecule has 0 heterocycles. The summed E-state index contributed by atoms with van der Waals surface area (Å²) >= 11 is 0. The lowest BCUT2D eigenvalue weighted by Crippen LogP contribution is -2.45. The number of ether oxygens (including phenoxy) is 1. The van der Waals surface area contributed by atoms with E-state index in [0.717, 1.165) is 6.42 Å². The Hall–Kier alpha value is -2.88. The molecule has 1 aliphatic carbocycles. The second kappa shape index (κ2) is 8.21. The third-order valence-corrected chi connectivity index (χ3v) is 4.93. The molecule has 4 nitrogen and oxygen atoms in total. The van der Waals surface area contributed by atoms with Gasteiger partial charge in [-0.1, -0.05) is 36.8 Å². The highest BCUT2D eigenvalue weighted by Crippen LogP contribution is 2.35. The van der Waals surface area contributed by atoms with E-state index in [1.54, 1.807) is 31.2 Å². The van der Waals surface area contributed by atoms with E-state index >= 15 is 0 Å². The Bertz CT molecular complexity index is 840. The number of carbonyl (C=O) groups is 2. The van der Waals surface area contributed by atoms with Crippen molar-refractivity contribution in [2.75, 3.05) is 5.32 Å². The molecule has 0 radical (unpaired) electrons. The second-order valence-corrected chi connectivity index (χ2v) is 6.97. The summed E-state index contributed by atoms with van der Waals surface area (Å²) in [5.74, 6) is 0.625. The number of hydrogen-bond acceptors (Lipinski definition) is 3. The number of hydrogen-bond donors (Lipinski definition) is 1. The molecular formula is C23H25NO3. The third-order valence-electron chi connectivity index (χ3n) is 4.93. The monoisotopic (exact) mass is 363 g/mol. The molecule has 4 heteroatoms. The van der Waals surface area contributed by atoms with E-state index < -0.39 is 5.60 Å². The summed E-state index contributed by atoms with van der Waals surface area (Å²) in [6.45, 7) is 3.89. The van der Waals surface area contributed by atoms with Crippen LogP contribution in [0.5, 0.6) is 5.75 Å². The van der Waals surface area contributed by atoms with Gasteiger partial charge in [-0.2, -0.15) is 0 Å². The Labute approximate surface area is 160 Å². The van der Waals surface area contributed by atoms with Crippen LogP contribution in [0.1, 0.15) is 49.9 Å². The molecule has 0 bridgehead atoms. The predicted molar refractivity (Wildman–Crippen MR) is 107 cm³/mol. The zero-order chi connectivity index (χ0) is 19.3. The smallest absolute Gasteiger partial charge is 0.224 e. The Morgan fingerprint density at radius 2 is 1.78 bits per heavy atom. The minimum atomic E-state index is -0.894. The summed E-state index contributed by atoms with van der Waals surface area (Å²) in [7, 11) is 0. The number of carbonyl (C=O) groups excluding carboxylic acids is 2. The van der Waals surface area contributed by atoms with Crippen molar-refractivity contribution in [2.24, 2.45) is 0 Å². The number of para-hydroxylation sites is 1. The SMILES string of the molecule is CCC(=O)Nc1ccc(C(=O)C2(Oc3ccccc3)CC=C(C)CC2)cc1. The summed E-state index contributed by atoms with van der Waals surface area (Å²) < 4.78 is 6.26. The lowest BCUT2D eigenvalue weighted by Gasteiger charge is -2.35. The number of rotatable bonds is 6. The van der Waals surface area contributed by atoms with E-state index in [9.17, 15) is 9.59 Å². The number of benzene rings is 2. The highest BCUT2D eigenvalue weighted by molar-refractivity contribution is 6.03. The zero-order valence-corrected chi connectivity index (χ0v) is 15.8. The Balaban J connectivity index is 1.86. The van der Waals surface area contributed by atoms with E-state index in [1.807, 2.05) is 30.3 Å². The van der Waals surface area contributed by atoms with Crippen LogP contribution < -0.4 is 10.1 Å². The highest BCUT2D eigenvalue weighted by atomic mass is 16.5. The van der Waals surface area contributed by atoms with Crippen molar-refractivity contribution in [3.8, 4) is 5.75 Å². The molecule has 0 fully saturated rings. The summed E-state index contributed by atoms with van der Waals surface area (Å²) in [6, 6.07) is 16.5. The first-order valence-electron chi connectivity index (χ1n) is 9.37. The molecule has 0 aliphatic heterocycles. The summed E-state index contributed by atoms with van der Waals surface area (Å²) in [5.41, 5.74) is 1.67. The average Bonchev–Trinajstić information content (AvgIpc) is 2.70. The highest BCUT2D eigenvalue weighted by Gasteiger charge is 2.41.